The molecule has 0 radical (unpaired) electrons. The predicted molar refractivity (Wildman–Crippen MR) is 77.3 cm³/mol. The van der Waals surface area contributed by atoms with Crippen molar-refractivity contribution in [2.75, 3.05) is 5.32 Å². The number of aromatic nitrogens is 3. The summed E-state index contributed by atoms with van der Waals surface area (Å²) in [5, 5.41) is 8.69. The molecular formula is C11H8BrClN4S. The van der Waals surface area contributed by atoms with E-state index in [1.54, 1.807) is 28.9 Å². The minimum Gasteiger partial charge on any atom is -0.363 e. The molecule has 0 aliphatic heterocycles. The number of nitrogens with zero attached hydrogens (tertiary/aromatic N) is 3. The van der Waals surface area contributed by atoms with Crippen LogP contribution < -0.4 is 5.32 Å². The maximum Gasteiger partial charge on any atom is 0.243 e. The van der Waals surface area contributed by atoms with Crippen molar-refractivity contribution in [3.63, 3.8) is 0 Å². The number of fused-ring (bicyclic) bond motifs is 1. The highest BCUT2D eigenvalue weighted by Gasteiger charge is 2.08. The summed E-state index contributed by atoms with van der Waals surface area (Å²) in [5.74, 6) is 0.342. The second-order valence-corrected chi connectivity index (χ2v) is 5.65. The van der Waals surface area contributed by atoms with Crippen molar-refractivity contribution in [1.29, 1.82) is 0 Å². The molecule has 4 nitrogen and oxygen atoms in total. The minimum absolute atomic E-state index is 0.0464. The van der Waals surface area contributed by atoms with E-state index in [4.69, 9.17) is 14.3 Å². The van der Waals surface area contributed by atoms with Crippen LogP contribution in [0, 0.1) is 0 Å². The Balaban J connectivity index is 2.06. The molecule has 0 saturated carbocycles. The van der Waals surface area contributed by atoms with E-state index >= 15 is 0 Å². The van der Waals surface area contributed by atoms with Gasteiger partial charge in [-0.3, -0.25) is 0 Å². The van der Waals surface area contributed by atoms with Crippen LogP contribution in [-0.4, -0.2) is 14.6 Å². The number of hydrogen-bond acceptors (Lipinski definition) is 4. The molecule has 3 rings (SSSR count). The standard InChI is InChI=1S/C11H8BrClN4S/c12-7-4-9-10(14-5-8-2-1-3-18-8)15-11(13)16-17(9)6-7/h1-4,6H,5H2,(H,14,15,16)/i5D2. The number of rotatable bonds is 3. The van der Waals surface area contributed by atoms with Crippen LogP contribution in [0.1, 0.15) is 7.62 Å². The molecule has 0 fully saturated rings. The molecule has 18 heavy (non-hydrogen) atoms. The van der Waals surface area contributed by atoms with Crippen molar-refractivity contribution in [3.05, 3.63) is 44.4 Å². The Kier molecular flexibility index (Phi) is 2.65. The van der Waals surface area contributed by atoms with Gasteiger partial charge in [0.05, 0.1) is 9.24 Å². The fraction of sp³-hybridized carbons (Fsp3) is 0.0909. The van der Waals surface area contributed by atoms with Gasteiger partial charge >= 0.3 is 0 Å². The van der Waals surface area contributed by atoms with Crippen molar-refractivity contribution >= 4 is 50.2 Å². The van der Waals surface area contributed by atoms with Gasteiger partial charge in [-0.05, 0) is 45.0 Å². The molecule has 3 heterocycles. The van der Waals surface area contributed by atoms with Crippen LogP contribution in [-0.2, 0) is 6.50 Å². The Morgan fingerprint density at radius 3 is 3.28 bits per heavy atom. The quantitative estimate of drug-likeness (QED) is 0.784. The number of thiophene rings is 1. The third-order valence-corrected chi connectivity index (χ3v) is 3.61. The summed E-state index contributed by atoms with van der Waals surface area (Å²) in [5.41, 5.74) is 0.640. The second-order valence-electron chi connectivity index (χ2n) is 3.44. The average molecular weight is 346 g/mol. The predicted octanol–water partition coefficient (Wildman–Crippen LogP) is 3.82. The van der Waals surface area contributed by atoms with Gasteiger partial charge in [0.25, 0.3) is 0 Å². The SMILES string of the molecule is [2H]C([2H])(Nc1nc(Cl)nn2cc(Br)cc12)c1cccs1. The largest absolute Gasteiger partial charge is 0.363 e. The summed E-state index contributed by atoms with van der Waals surface area (Å²) in [6.45, 7) is -1.73. The summed E-state index contributed by atoms with van der Waals surface area (Å²) in [6.07, 6.45) is 1.73. The van der Waals surface area contributed by atoms with Crippen molar-refractivity contribution < 1.29 is 2.74 Å². The molecule has 0 aliphatic carbocycles. The van der Waals surface area contributed by atoms with Gasteiger partial charge < -0.3 is 5.32 Å². The van der Waals surface area contributed by atoms with Crippen LogP contribution >= 0.6 is 38.9 Å². The Morgan fingerprint density at radius 1 is 1.61 bits per heavy atom. The summed E-state index contributed by atoms with van der Waals surface area (Å²) in [7, 11) is 0. The van der Waals surface area contributed by atoms with Gasteiger partial charge in [0.2, 0.25) is 5.28 Å². The van der Waals surface area contributed by atoms with Crippen LogP contribution in [0.2, 0.25) is 5.28 Å². The summed E-state index contributed by atoms with van der Waals surface area (Å²) < 4.78 is 18.6. The second kappa shape index (κ2) is 4.87. The van der Waals surface area contributed by atoms with Gasteiger partial charge in [-0.15, -0.1) is 16.4 Å². The molecule has 0 aromatic carbocycles. The van der Waals surface area contributed by atoms with Crippen molar-refractivity contribution in [2.24, 2.45) is 0 Å². The highest BCUT2D eigenvalue weighted by Crippen LogP contribution is 2.22. The molecule has 0 atom stereocenters. The van der Waals surface area contributed by atoms with Crippen molar-refractivity contribution in [3.8, 4) is 0 Å². The van der Waals surface area contributed by atoms with Gasteiger partial charge in [-0.1, -0.05) is 6.07 Å². The van der Waals surface area contributed by atoms with E-state index in [1.807, 2.05) is 5.38 Å². The molecule has 0 saturated heterocycles. The molecule has 1 N–H and O–H groups in total. The monoisotopic (exact) mass is 344 g/mol. The van der Waals surface area contributed by atoms with E-state index in [1.165, 1.54) is 11.3 Å². The molecule has 0 spiro atoms. The van der Waals surface area contributed by atoms with Crippen LogP contribution in [0.3, 0.4) is 0 Å². The van der Waals surface area contributed by atoms with Gasteiger partial charge in [-0.25, -0.2) is 4.52 Å². The van der Waals surface area contributed by atoms with Gasteiger partial charge in [0.15, 0.2) is 5.82 Å². The summed E-state index contributed by atoms with van der Waals surface area (Å²) in [6, 6.07) is 5.32. The number of halogens is 2. The van der Waals surface area contributed by atoms with Gasteiger partial charge in [-0.2, -0.15) is 4.98 Å². The first-order valence-electron chi connectivity index (χ1n) is 5.99. The maximum absolute atomic E-state index is 8.12. The number of nitrogens with one attached hydrogen (secondary N) is 1. The van der Waals surface area contributed by atoms with Crippen molar-refractivity contribution in [2.45, 2.75) is 6.50 Å². The lowest BCUT2D eigenvalue weighted by molar-refractivity contribution is 0.900. The van der Waals surface area contributed by atoms with E-state index in [-0.39, 0.29) is 5.28 Å². The lowest BCUT2D eigenvalue weighted by Gasteiger charge is -2.06. The van der Waals surface area contributed by atoms with E-state index in [2.05, 4.69) is 31.3 Å². The van der Waals surface area contributed by atoms with E-state index in [0.29, 0.717) is 16.2 Å². The summed E-state index contributed by atoms with van der Waals surface area (Å²) >= 11 is 10.6. The Morgan fingerprint density at radius 2 is 2.50 bits per heavy atom. The maximum atomic E-state index is 8.12. The molecule has 7 heteroatoms. The zero-order valence-corrected chi connectivity index (χ0v) is 12.1. The molecule has 0 unspecified atom stereocenters. The highest BCUT2D eigenvalue weighted by atomic mass is 79.9. The Bertz CT molecular complexity index is 759. The molecule has 0 bridgehead atoms. The van der Waals surface area contributed by atoms with Gasteiger partial charge in [0, 0.05) is 15.5 Å². The van der Waals surface area contributed by atoms with E-state index in [0.717, 1.165) is 4.47 Å². The zero-order valence-electron chi connectivity index (χ0n) is 10.9. The summed E-state index contributed by atoms with van der Waals surface area (Å²) in [4.78, 5) is 4.64. The fourth-order valence-electron chi connectivity index (χ4n) is 1.50. The topological polar surface area (TPSA) is 42.2 Å². The first-order valence-corrected chi connectivity index (χ1v) is 7.04. The molecule has 3 aromatic rings. The van der Waals surface area contributed by atoms with Gasteiger partial charge in [0.1, 0.15) is 5.52 Å². The fourth-order valence-corrected chi connectivity index (χ4v) is 2.65. The molecule has 0 amide bonds. The average Bonchev–Trinajstić information content (AvgIpc) is 2.96. The number of hydrogen-bond donors (Lipinski definition) is 1. The Labute approximate surface area is 124 Å². The molecular weight excluding hydrogens is 336 g/mol. The number of anilines is 1. The minimum atomic E-state index is -1.73. The van der Waals surface area contributed by atoms with E-state index < -0.39 is 6.50 Å². The van der Waals surface area contributed by atoms with Crippen LogP contribution in [0.25, 0.3) is 5.52 Å². The third-order valence-electron chi connectivity index (χ3n) is 2.23. The lowest BCUT2D eigenvalue weighted by Crippen LogP contribution is -2.04. The van der Waals surface area contributed by atoms with Crippen LogP contribution in [0.15, 0.2) is 34.2 Å². The normalized spacial score (nSPS) is 13.4. The third kappa shape index (κ3) is 2.36. The van der Waals surface area contributed by atoms with Crippen LogP contribution in [0.5, 0.6) is 0 Å². The lowest BCUT2D eigenvalue weighted by atomic mass is 10.4. The van der Waals surface area contributed by atoms with Crippen LogP contribution in [0.4, 0.5) is 5.82 Å². The smallest absolute Gasteiger partial charge is 0.243 e. The highest BCUT2D eigenvalue weighted by molar-refractivity contribution is 9.10. The molecule has 92 valence electrons. The first-order chi connectivity index (χ1) is 9.45. The Hall–Kier alpha value is -1.11. The first kappa shape index (κ1) is 9.77. The molecule has 0 aliphatic rings. The van der Waals surface area contributed by atoms with E-state index in [9.17, 15) is 0 Å². The van der Waals surface area contributed by atoms with Crippen molar-refractivity contribution in [1.82, 2.24) is 14.6 Å². The zero-order chi connectivity index (χ0) is 14.3. The molecule has 3 aromatic heterocycles.